The maximum absolute atomic E-state index is 13.4. The third kappa shape index (κ3) is 6.91. The second-order valence-corrected chi connectivity index (χ2v) is 10.5. The minimum absolute atomic E-state index is 0.0202. The molecule has 3 aromatic rings. The summed E-state index contributed by atoms with van der Waals surface area (Å²) in [6.07, 6.45) is -2.95. The first-order valence-corrected chi connectivity index (χ1v) is 12.9. The fraction of sp³-hybridized carbons (Fsp3) is 0.280. The zero-order chi connectivity index (χ0) is 27.4. The van der Waals surface area contributed by atoms with Gasteiger partial charge < -0.3 is 9.47 Å². The fourth-order valence-corrected chi connectivity index (χ4v) is 5.93. The Kier molecular flexibility index (Phi) is 8.68. The van der Waals surface area contributed by atoms with Gasteiger partial charge in [0.25, 0.3) is 0 Å². The van der Waals surface area contributed by atoms with E-state index in [0.717, 1.165) is 17.0 Å². The molecule has 196 valence electrons. The number of nitrogens with one attached hydrogen (secondary N) is 1. The lowest BCUT2D eigenvalue weighted by Gasteiger charge is -2.25. The van der Waals surface area contributed by atoms with Gasteiger partial charge in [-0.05, 0) is 54.8 Å². The number of carbonyl (C=O) groups is 1. The van der Waals surface area contributed by atoms with Crippen molar-refractivity contribution in [3.8, 4) is 6.07 Å². The third-order valence-corrected chi connectivity index (χ3v) is 7.78. The largest absolute Gasteiger partial charge is 0.416 e. The second kappa shape index (κ2) is 11.4. The van der Waals surface area contributed by atoms with Gasteiger partial charge >= 0.3 is 6.18 Å². The number of benzene rings is 2. The lowest BCUT2D eigenvalue weighted by molar-refractivity contribution is -0.137. The van der Waals surface area contributed by atoms with Crippen LogP contribution in [0.2, 0.25) is 5.02 Å². The molecule has 0 aliphatic rings. The van der Waals surface area contributed by atoms with Gasteiger partial charge in [0, 0.05) is 26.3 Å². The van der Waals surface area contributed by atoms with Gasteiger partial charge in [-0.15, -0.1) is 0 Å². The first-order valence-electron chi connectivity index (χ1n) is 11.1. The van der Waals surface area contributed by atoms with Crippen molar-refractivity contribution in [2.75, 3.05) is 7.05 Å². The van der Waals surface area contributed by atoms with Crippen LogP contribution in [0.4, 0.5) is 13.2 Å². The summed E-state index contributed by atoms with van der Waals surface area (Å²) in [5.74, 6) is -0.656. The molecule has 3 rings (SSSR count). The Morgan fingerprint density at radius 2 is 1.89 bits per heavy atom. The number of alkyl halides is 3. The van der Waals surface area contributed by atoms with Crippen LogP contribution in [0, 0.1) is 18.3 Å². The van der Waals surface area contributed by atoms with Crippen LogP contribution in [-0.2, 0) is 34.1 Å². The molecule has 37 heavy (non-hydrogen) atoms. The van der Waals surface area contributed by atoms with E-state index >= 15 is 0 Å². The molecule has 0 aliphatic carbocycles. The Hall–Kier alpha value is -3.33. The standard InChI is InChI=1S/C25H24ClF3N4O3S/c1-17-6-3-10-21(26)23(17)37(35,36)31-22(11-13-33-12-5-9-20(33)15-30)24(34)32(2)16-18-7-4-8-19(14-18)25(27,28)29/h3-10,12,14,22,31H,11,13,16H2,1-2H3. The van der Waals surface area contributed by atoms with Gasteiger partial charge in [0.2, 0.25) is 15.9 Å². The predicted octanol–water partition coefficient (Wildman–Crippen LogP) is 4.74. The highest BCUT2D eigenvalue weighted by Crippen LogP contribution is 2.30. The molecule has 12 heteroatoms. The monoisotopic (exact) mass is 552 g/mol. The number of rotatable bonds is 9. The van der Waals surface area contributed by atoms with Gasteiger partial charge in [0.05, 0.1) is 10.6 Å². The minimum atomic E-state index is -4.54. The summed E-state index contributed by atoms with van der Waals surface area (Å²) in [6.45, 7) is 1.52. The Balaban J connectivity index is 1.89. The molecule has 7 nitrogen and oxygen atoms in total. The Bertz CT molecular complexity index is 1410. The van der Waals surface area contributed by atoms with Crippen LogP contribution in [0.3, 0.4) is 0 Å². The molecule has 1 amide bonds. The molecule has 0 fully saturated rings. The van der Waals surface area contributed by atoms with E-state index in [1.54, 1.807) is 42.0 Å². The van der Waals surface area contributed by atoms with Crippen molar-refractivity contribution in [3.05, 3.63) is 88.2 Å². The van der Waals surface area contributed by atoms with Gasteiger partial charge in [-0.3, -0.25) is 4.79 Å². The molecule has 1 heterocycles. The molecular formula is C25H24ClF3N4O3S. The number of nitrogens with zero attached hydrogens (tertiary/aromatic N) is 3. The van der Waals surface area contributed by atoms with Gasteiger partial charge in [-0.1, -0.05) is 35.9 Å². The van der Waals surface area contributed by atoms with Crippen LogP contribution >= 0.6 is 11.6 Å². The summed E-state index contributed by atoms with van der Waals surface area (Å²) in [5, 5.41) is 9.24. The van der Waals surface area contributed by atoms with E-state index in [1.807, 2.05) is 6.07 Å². The summed E-state index contributed by atoms with van der Waals surface area (Å²) in [7, 11) is -2.88. The number of nitriles is 1. The molecule has 1 unspecified atom stereocenters. The average molecular weight is 553 g/mol. The van der Waals surface area contributed by atoms with Crippen molar-refractivity contribution in [1.29, 1.82) is 5.26 Å². The summed E-state index contributed by atoms with van der Waals surface area (Å²) < 4.78 is 69.8. The normalized spacial score (nSPS) is 12.7. The van der Waals surface area contributed by atoms with E-state index < -0.39 is 33.7 Å². The highest BCUT2D eigenvalue weighted by molar-refractivity contribution is 7.89. The molecular weight excluding hydrogens is 529 g/mol. The van der Waals surface area contributed by atoms with Crippen LogP contribution in [-0.4, -0.2) is 36.9 Å². The number of hydrogen-bond acceptors (Lipinski definition) is 4. The molecule has 0 radical (unpaired) electrons. The lowest BCUT2D eigenvalue weighted by Crippen LogP contribution is -2.47. The number of aryl methyl sites for hydroxylation is 2. The summed E-state index contributed by atoms with van der Waals surface area (Å²) >= 11 is 6.15. The van der Waals surface area contributed by atoms with Crippen molar-refractivity contribution >= 4 is 27.5 Å². The summed E-state index contributed by atoms with van der Waals surface area (Å²) in [5.41, 5.74) is 0.0781. The van der Waals surface area contributed by atoms with Gasteiger partial charge in [-0.2, -0.15) is 23.2 Å². The lowest BCUT2D eigenvalue weighted by atomic mass is 10.1. The van der Waals surface area contributed by atoms with Gasteiger partial charge in [-0.25, -0.2) is 8.42 Å². The number of halogens is 4. The molecule has 1 N–H and O–H groups in total. The average Bonchev–Trinajstić information content (AvgIpc) is 3.28. The number of aromatic nitrogens is 1. The van der Waals surface area contributed by atoms with Crippen LogP contribution < -0.4 is 4.72 Å². The predicted molar refractivity (Wildman–Crippen MR) is 132 cm³/mol. The first-order chi connectivity index (χ1) is 17.3. The number of sulfonamides is 1. The molecule has 1 aromatic heterocycles. The topological polar surface area (TPSA) is 95.2 Å². The van der Waals surface area contributed by atoms with E-state index in [1.165, 1.54) is 25.2 Å². The first kappa shape index (κ1) is 28.2. The highest BCUT2D eigenvalue weighted by Gasteiger charge is 2.32. The number of amides is 1. The van der Waals surface area contributed by atoms with E-state index in [-0.39, 0.29) is 35.0 Å². The van der Waals surface area contributed by atoms with Crippen LogP contribution in [0.25, 0.3) is 0 Å². The second-order valence-electron chi connectivity index (χ2n) is 8.44. The van der Waals surface area contributed by atoms with Gasteiger partial charge in [0.1, 0.15) is 22.7 Å². The SMILES string of the molecule is Cc1cccc(Cl)c1S(=O)(=O)NC(CCn1cccc1C#N)C(=O)N(C)Cc1cccc(C(F)(F)F)c1. The van der Waals surface area contributed by atoms with Crippen LogP contribution in [0.15, 0.2) is 65.7 Å². The smallest absolute Gasteiger partial charge is 0.340 e. The van der Waals surface area contributed by atoms with E-state index in [9.17, 15) is 31.6 Å². The molecule has 0 saturated carbocycles. The zero-order valence-corrected chi connectivity index (χ0v) is 21.5. The quantitative estimate of drug-likeness (QED) is 0.415. The Labute approximate surface area is 218 Å². The minimum Gasteiger partial charge on any atom is -0.340 e. The van der Waals surface area contributed by atoms with Crippen molar-refractivity contribution in [2.24, 2.45) is 0 Å². The van der Waals surface area contributed by atoms with E-state index in [4.69, 9.17) is 11.6 Å². The van der Waals surface area contributed by atoms with Crippen molar-refractivity contribution < 1.29 is 26.4 Å². The number of hydrogen-bond donors (Lipinski definition) is 1. The summed E-state index contributed by atoms with van der Waals surface area (Å²) in [4.78, 5) is 14.4. The number of likely N-dealkylation sites (N-methyl/N-ethyl adjacent to an activating group) is 1. The van der Waals surface area contributed by atoms with Crippen LogP contribution in [0.5, 0.6) is 0 Å². The number of carbonyl (C=O) groups excluding carboxylic acids is 1. The molecule has 0 aliphatic heterocycles. The third-order valence-electron chi connectivity index (χ3n) is 5.68. The van der Waals surface area contributed by atoms with Crippen LogP contribution in [0.1, 0.15) is 28.8 Å². The molecule has 0 spiro atoms. The zero-order valence-electron chi connectivity index (χ0n) is 20.0. The molecule has 0 bridgehead atoms. The van der Waals surface area contributed by atoms with E-state index in [2.05, 4.69) is 4.72 Å². The summed E-state index contributed by atoms with van der Waals surface area (Å²) in [6, 6.07) is 13.1. The fourth-order valence-electron chi connectivity index (χ4n) is 3.88. The van der Waals surface area contributed by atoms with Crippen molar-refractivity contribution in [3.63, 3.8) is 0 Å². The maximum atomic E-state index is 13.4. The Morgan fingerprint density at radius 3 is 2.54 bits per heavy atom. The highest BCUT2D eigenvalue weighted by atomic mass is 35.5. The van der Waals surface area contributed by atoms with E-state index in [0.29, 0.717) is 11.3 Å². The Morgan fingerprint density at radius 1 is 1.19 bits per heavy atom. The van der Waals surface area contributed by atoms with Crippen molar-refractivity contribution in [2.45, 2.75) is 43.5 Å². The maximum Gasteiger partial charge on any atom is 0.416 e. The molecule has 0 saturated heterocycles. The van der Waals surface area contributed by atoms with Gasteiger partial charge in [0.15, 0.2) is 0 Å². The van der Waals surface area contributed by atoms with Crippen molar-refractivity contribution in [1.82, 2.24) is 14.2 Å². The molecule has 2 aromatic carbocycles. The molecule has 1 atom stereocenters.